The van der Waals surface area contributed by atoms with Crippen molar-refractivity contribution in [2.45, 2.75) is 44.6 Å². The maximum Gasteiger partial charge on any atom is 0.193 e. The molecular weight excluding hydrogens is 399 g/mol. The number of hydrogen-bond donors (Lipinski definition) is 2. The first-order valence-electron chi connectivity index (χ1n) is 8.71. The lowest BCUT2D eigenvalue weighted by atomic mass is 10.1. The number of halogens is 1. The van der Waals surface area contributed by atoms with E-state index >= 15 is 0 Å². The van der Waals surface area contributed by atoms with E-state index in [4.69, 9.17) is 5.73 Å². The van der Waals surface area contributed by atoms with Crippen molar-refractivity contribution in [3.63, 3.8) is 0 Å². The molecule has 126 valence electrons. The fraction of sp³-hybridized carbons (Fsp3) is 0.611. The van der Waals surface area contributed by atoms with E-state index in [-0.39, 0.29) is 24.0 Å². The van der Waals surface area contributed by atoms with Crippen LogP contribution >= 0.6 is 24.0 Å². The van der Waals surface area contributed by atoms with Crippen molar-refractivity contribution < 1.29 is 0 Å². The second-order valence-corrected chi connectivity index (χ2v) is 7.07. The van der Waals surface area contributed by atoms with Crippen molar-refractivity contribution in [3.05, 3.63) is 29.3 Å². The van der Waals surface area contributed by atoms with E-state index in [2.05, 4.69) is 33.4 Å². The van der Waals surface area contributed by atoms with E-state index in [1.54, 1.807) is 0 Å². The molecule has 1 heterocycles. The van der Waals surface area contributed by atoms with Gasteiger partial charge < -0.3 is 16.0 Å². The molecule has 4 rings (SSSR count). The van der Waals surface area contributed by atoms with E-state index in [1.807, 2.05) is 0 Å². The highest BCUT2D eigenvalue weighted by Gasteiger charge is 2.34. The Kier molecular flexibility index (Phi) is 5.46. The second-order valence-electron chi connectivity index (χ2n) is 7.07. The van der Waals surface area contributed by atoms with Gasteiger partial charge in [0.15, 0.2) is 5.96 Å². The number of fused-ring (bicyclic) bond motifs is 1. The molecule has 5 heteroatoms. The molecule has 23 heavy (non-hydrogen) atoms. The van der Waals surface area contributed by atoms with Crippen LogP contribution in [-0.2, 0) is 12.8 Å². The minimum absolute atomic E-state index is 0. The van der Waals surface area contributed by atoms with Crippen molar-refractivity contribution in [1.82, 2.24) is 4.90 Å². The molecule has 2 fully saturated rings. The van der Waals surface area contributed by atoms with Gasteiger partial charge in [-0.05, 0) is 74.2 Å². The van der Waals surface area contributed by atoms with E-state index in [0.29, 0.717) is 11.9 Å². The molecule has 1 saturated carbocycles. The Morgan fingerprint density at radius 1 is 1.22 bits per heavy atom. The summed E-state index contributed by atoms with van der Waals surface area (Å²) >= 11 is 0. The van der Waals surface area contributed by atoms with E-state index in [9.17, 15) is 0 Å². The molecule has 2 aliphatic carbocycles. The second kappa shape index (κ2) is 7.38. The van der Waals surface area contributed by atoms with E-state index < -0.39 is 0 Å². The van der Waals surface area contributed by atoms with Crippen LogP contribution in [0, 0.1) is 5.92 Å². The van der Waals surface area contributed by atoms with Crippen molar-refractivity contribution in [2.75, 3.05) is 25.0 Å². The van der Waals surface area contributed by atoms with Crippen LogP contribution in [-0.4, -0.2) is 36.5 Å². The van der Waals surface area contributed by atoms with Crippen LogP contribution in [0.25, 0.3) is 0 Å². The molecule has 4 nitrogen and oxygen atoms in total. The van der Waals surface area contributed by atoms with Crippen molar-refractivity contribution >= 4 is 35.6 Å². The van der Waals surface area contributed by atoms with Gasteiger partial charge in [0.2, 0.25) is 0 Å². The lowest BCUT2D eigenvalue weighted by Gasteiger charge is -2.14. The molecule has 1 saturated heterocycles. The van der Waals surface area contributed by atoms with Crippen molar-refractivity contribution in [2.24, 2.45) is 16.6 Å². The molecular formula is C18H27IN4. The summed E-state index contributed by atoms with van der Waals surface area (Å²) in [5, 5.41) is 3.26. The summed E-state index contributed by atoms with van der Waals surface area (Å²) in [7, 11) is 0. The maximum atomic E-state index is 6.06. The number of guanidine groups is 1. The molecule has 1 aromatic rings. The first kappa shape index (κ1) is 17.0. The van der Waals surface area contributed by atoms with Gasteiger partial charge in [0.25, 0.3) is 0 Å². The number of nitrogens with one attached hydrogen (secondary N) is 1. The molecule has 3 aliphatic rings. The monoisotopic (exact) mass is 426 g/mol. The Balaban J connectivity index is 0.00000156. The summed E-state index contributed by atoms with van der Waals surface area (Å²) in [5.41, 5.74) is 10.1. The lowest BCUT2D eigenvalue weighted by molar-refractivity contribution is 0.315. The lowest BCUT2D eigenvalue weighted by Crippen LogP contribution is -2.25. The van der Waals surface area contributed by atoms with Gasteiger partial charge in [0.05, 0.1) is 0 Å². The Hall–Kier alpha value is -0.820. The van der Waals surface area contributed by atoms with Crippen LogP contribution in [0.5, 0.6) is 0 Å². The van der Waals surface area contributed by atoms with Crippen LogP contribution in [0.15, 0.2) is 23.2 Å². The van der Waals surface area contributed by atoms with Crippen LogP contribution in [0.4, 0.5) is 5.69 Å². The van der Waals surface area contributed by atoms with Gasteiger partial charge in [0, 0.05) is 24.8 Å². The predicted molar refractivity (Wildman–Crippen MR) is 107 cm³/mol. The van der Waals surface area contributed by atoms with Crippen molar-refractivity contribution in [3.8, 4) is 0 Å². The molecule has 0 aromatic heterocycles. The average Bonchev–Trinajstić information content (AvgIpc) is 3.08. The SMILES string of the molecule is I.NC(=NCC1CCN(C2CC2)C1)Nc1ccc2c(c1)CCC2. The summed E-state index contributed by atoms with van der Waals surface area (Å²) in [6, 6.07) is 7.46. The Morgan fingerprint density at radius 2 is 2.04 bits per heavy atom. The number of nitrogens with two attached hydrogens (primary N) is 1. The summed E-state index contributed by atoms with van der Waals surface area (Å²) in [4.78, 5) is 7.20. The van der Waals surface area contributed by atoms with Crippen LogP contribution in [0.3, 0.4) is 0 Å². The molecule has 0 spiro atoms. The van der Waals surface area contributed by atoms with Crippen LogP contribution in [0.1, 0.15) is 36.8 Å². The van der Waals surface area contributed by atoms with Crippen molar-refractivity contribution in [1.29, 1.82) is 0 Å². The number of anilines is 1. The normalized spacial score (nSPS) is 24.3. The Morgan fingerprint density at radius 3 is 2.87 bits per heavy atom. The zero-order valence-electron chi connectivity index (χ0n) is 13.6. The standard InChI is InChI=1S/C18H26N4.HI/c19-18(20-11-13-8-9-22(12-13)17-6-7-17)21-16-5-4-14-2-1-3-15(14)10-16;/h4-5,10,13,17H,1-3,6-9,11-12H2,(H3,19,20,21);1H. The van der Waals surface area contributed by atoms with Gasteiger partial charge in [-0.1, -0.05) is 6.07 Å². The zero-order valence-corrected chi connectivity index (χ0v) is 16.0. The molecule has 0 radical (unpaired) electrons. The van der Waals surface area contributed by atoms with Gasteiger partial charge >= 0.3 is 0 Å². The van der Waals surface area contributed by atoms with Gasteiger partial charge in [-0.3, -0.25) is 4.99 Å². The van der Waals surface area contributed by atoms with E-state index in [0.717, 1.165) is 18.3 Å². The fourth-order valence-corrected chi connectivity index (χ4v) is 3.85. The molecule has 1 aliphatic heterocycles. The number of aryl methyl sites for hydroxylation is 2. The first-order valence-corrected chi connectivity index (χ1v) is 8.71. The summed E-state index contributed by atoms with van der Waals surface area (Å²) in [5.74, 6) is 1.24. The predicted octanol–water partition coefficient (Wildman–Crippen LogP) is 3.00. The number of hydrogen-bond acceptors (Lipinski definition) is 2. The van der Waals surface area contributed by atoms with Crippen LogP contribution in [0.2, 0.25) is 0 Å². The minimum atomic E-state index is 0. The number of likely N-dealkylation sites (tertiary alicyclic amines) is 1. The maximum absolute atomic E-state index is 6.06. The first-order chi connectivity index (χ1) is 10.8. The highest BCUT2D eigenvalue weighted by atomic mass is 127. The van der Waals surface area contributed by atoms with Gasteiger partial charge in [-0.25, -0.2) is 0 Å². The topological polar surface area (TPSA) is 53.6 Å². The van der Waals surface area contributed by atoms with Gasteiger partial charge in [-0.15, -0.1) is 24.0 Å². The number of nitrogens with zero attached hydrogens (tertiary/aromatic N) is 2. The zero-order chi connectivity index (χ0) is 14.9. The number of benzene rings is 1. The summed E-state index contributed by atoms with van der Waals surface area (Å²) in [6.45, 7) is 3.32. The molecule has 1 aromatic carbocycles. The average molecular weight is 426 g/mol. The van der Waals surface area contributed by atoms with E-state index in [1.165, 1.54) is 62.7 Å². The highest BCUT2D eigenvalue weighted by Crippen LogP contribution is 2.31. The Bertz CT molecular complexity index is 582. The smallest absolute Gasteiger partial charge is 0.193 e. The number of rotatable bonds is 4. The molecule has 0 bridgehead atoms. The quantitative estimate of drug-likeness (QED) is 0.442. The van der Waals surface area contributed by atoms with Crippen LogP contribution < -0.4 is 11.1 Å². The van der Waals surface area contributed by atoms with Gasteiger partial charge in [-0.2, -0.15) is 0 Å². The molecule has 1 unspecified atom stereocenters. The minimum Gasteiger partial charge on any atom is -0.370 e. The summed E-state index contributed by atoms with van der Waals surface area (Å²) in [6.07, 6.45) is 7.77. The van der Waals surface area contributed by atoms with Gasteiger partial charge in [0.1, 0.15) is 0 Å². The summed E-state index contributed by atoms with van der Waals surface area (Å²) < 4.78 is 0. The third-order valence-electron chi connectivity index (χ3n) is 5.27. The molecule has 0 amide bonds. The largest absolute Gasteiger partial charge is 0.370 e. The molecule has 3 N–H and O–H groups in total. The third-order valence-corrected chi connectivity index (χ3v) is 5.27. The highest BCUT2D eigenvalue weighted by molar-refractivity contribution is 14.0. The Labute approximate surface area is 155 Å². The fourth-order valence-electron chi connectivity index (χ4n) is 3.85. The molecule has 1 atom stereocenters. The third kappa shape index (κ3) is 4.18. The number of aliphatic imine (C=N–C) groups is 1.